The number of hydrogen-bond acceptors (Lipinski definition) is 2. The van der Waals surface area contributed by atoms with E-state index in [1.807, 2.05) is 0 Å². The zero-order valence-electron chi connectivity index (χ0n) is 35.4. The van der Waals surface area contributed by atoms with Crippen molar-refractivity contribution in [1.29, 1.82) is 0 Å². The molecule has 0 aromatic heterocycles. The fraction of sp³-hybridized carbons (Fsp3) is 0.565. The molecule has 2 aliphatic rings. The Bertz CT molecular complexity index is 1820. The zero-order chi connectivity index (χ0) is 38.2. The average molecular weight is 776 g/mol. The van der Waals surface area contributed by atoms with Gasteiger partial charge >= 0.3 is 306 Å². The first-order valence-corrected chi connectivity index (χ1v) is 34.7. The standard InChI is InChI=1S/2C11H16O.2C11H17.2CH3.H2Si.Zr/c2*1-8-5-6-10(12)9(7-8)11(2,3)4;2*1-5-9-6-7-10(8-9)11(2,3)4;;;;/h2*5-7,12H,1-4H3;2*7-9H,5H2,1-4H3;2*1H3;1H2;/q;;;;;;;+2/p-2. The molecule has 0 amide bonds. The monoisotopic (exact) mass is 774 g/mol. The number of allylic oxidation sites excluding steroid dienone is 8. The van der Waals surface area contributed by atoms with Crippen LogP contribution < -0.4 is 5.63 Å². The summed E-state index contributed by atoms with van der Waals surface area (Å²) in [7, 11) is 0. The summed E-state index contributed by atoms with van der Waals surface area (Å²) in [6.07, 6.45) is 12.1. The Morgan fingerprint density at radius 2 is 0.880 bits per heavy atom. The van der Waals surface area contributed by atoms with E-state index in [-0.39, 0.29) is 33.5 Å². The molecular formula is C46H72O2SiZr. The Kier molecular flexibility index (Phi) is 9.44. The molecule has 4 rings (SSSR count). The summed E-state index contributed by atoms with van der Waals surface area (Å²) in [5.74, 6) is 2.22. The first-order chi connectivity index (χ1) is 22.3. The molecule has 2 aromatic rings. The van der Waals surface area contributed by atoms with Gasteiger partial charge in [0.1, 0.15) is 0 Å². The van der Waals surface area contributed by atoms with Crippen molar-refractivity contribution >= 4 is 6.88 Å². The van der Waals surface area contributed by atoms with E-state index in [4.69, 9.17) is 5.63 Å². The molecule has 2 aliphatic carbocycles. The fourth-order valence-corrected chi connectivity index (χ4v) is 34.8. The molecular weight excluding hydrogens is 704 g/mol. The van der Waals surface area contributed by atoms with E-state index in [1.165, 1.54) is 40.0 Å². The summed E-state index contributed by atoms with van der Waals surface area (Å²) >= 11 is -6.65. The molecule has 0 radical (unpaired) electrons. The van der Waals surface area contributed by atoms with E-state index >= 15 is 0 Å². The van der Waals surface area contributed by atoms with Crippen LogP contribution in [0.1, 0.15) is 132 Å². The molecule has 50 heavy (non-hydrogen) atoms. The van der Waals surface area contributed by atoms with Gasteiger partial charge in [0.05, 0.1) is 0 Å². The maximum absolute atomic E-state index is 8.51. The third-order valence-electron chi connectivity index (χ3n) is 12.1. The fourth-order valence-electron chi connectivity index (χ4n) is 8.91. The maximum atomic E-state index is 8.51. The molecule has 276 valence electrons. The summed E-state index contributed by atoms with van der Waals surface area (Å²) in [5.41, 5.74) is 7.31. The van der Waals surface area contributed by atoms with Gasteiger partial charge < -0.3 is 0 Å². The van der Waals surface area contributed by atoms with Crippen molar-refractivity contribution in [2.75, 3.05) is 0 Å². The molecule has 0 fully saturated rings. The van der Waals surface area contributed by atoms with Gasteiger partial charge in [0, 0.05) is 0 Å². The van der Waals surface area contributed by atoms with Crippen molar-refractivity contribution in [3.05, 3.63) is 101 Å². The summed E-state index contributed by atoms with van der Waals surface area (Å²) in [5, 5.41) is 0. The number of hydrogen-bond donors (Lipinski definition) is 0. The molecule has 2 atom stereocenters. The van der Waals surface area contributed by atoms with Crippen LogP contribution in [0.2, 0.25) is 9.26 Å². The summed E-state index contributed by atoms with van der Waals surface area (Å²) in [6.45, 7) is 39.1. The van der Waals surface area contributed by atoms with Crippen LogP contribution in [0.4, 0.5) is 0 Å². The predicted molar refractivity (Wildman–Crippen MR) is 220 cm³/mol. The number of benzene rings is 2. The Hall–Kier alpha value is -1.90. The topological polar surface area (TPSA) is 18.5 Å². The van der Waals surface area contributed by atoms with Crippen LogP contribution in [-0.4, -0.2) is 6.88 Å². The van der Waals surface area contributed by atoms with Crippen LogP contribution in [0.25, 0.3) is 0 Å². The third kappa shape index (κ3) is 6.96. The Labute approximate surface area is 304 Å². The van der Waals surface area contributed by atoms with E-state index in [9.17, 15) is 0 Å². The van der Waals surface area contributed by atoms with E-state index < -0.39 is 15.3 Å². The molecule has 0 bridgehead atoms. The van der Waals surface area contributed by atoms with Crippen LogP contribution in [0.5, 0.6) is 11.5 Å². The molecule has 0 heterocycles. The second-order valence-electron chi connectivity index (χ2n) is 22.0. The van der Waals surface area contributed by atoms with Gasteiger partial charge in [0.15, 0.2) is 0 Å². The van der Waals surface area contributed by atoms with Gasteiger partial charge in [0.25, 0.3) is 0 Å². The van der Waals surface area contributed by atoms with Crippen molar-refractivity contribution in [1.82, 2.24) is 0 Å². The molecule has 0 saturated carbocycles. The first-order valence-electron chi connectivity index (χ1n) is 19.4. The van der Waals surface area contributed by atoms with Gasteiger partial charge in [-0.2, -0.15) is 0 Å². The summed E-state index contributed by atoms with van der Waals surface area (Å²) in [6, 6.07) is 13.6. The molecule has 2 nitrogen and oxygen atoms in total. The zero-order valence-corrected chi connectivity index (χ0v) is 39.2. The molecule has 0 saturated heterocycles. The number of rotatable bonds is 8. The summed E-state index contributed by atoms with van der Waals surface area (Å²) < 4.78 is 24.7. The SMILES string of the molecule is CCC1C=C(C(C)(C)C)C=[C]1[Zr]([CH3])([CH3])(=[SiH2])([O]c1ccc(C)cc1C(C)(C)C)([O]c1ccc(C)cc1C(C)(C)C)[C]1=CC(C(C)(C)C)=CC1CC. The Morgan fingerprint density at radius 3 is 1.14 bits per heavy atom. The van der Waals surface area contributed by atoms with Crippen molar-refractivity contribution < 1.29 is 20.9 Å². The minimum absolute atomic E-state index is 0.0279. The average Bonchev–Trinajstić information content (AvgIpc) is 3.61. The second kappa shape index (κ2) is 11.5. The van der Waals surface area contributed by atoms with Crippen LogP contribution in [0, 0.1) is 36.5 Å². The quantitative estimate of drug-likeness (QED) is 0.249. The number of aryl methyl sites for hydroxylation is 2. The molecule has 0 aliphatic heterocycles. The summed E-state index contributed by atoms with van der Waals surface area (Å²) in [4.78, 5) is 0. The van der Waals surface area contributed by atoms with Crippen LogP contribution in [0.15, 0.2) is 78.4 Å². The van der Waals surface area contributed by atoms with E-state index in [1.54, 1.807) is 0 Å². The first kappa shape index (κ1) is 40.9. The van der Waals surface area contributed by atoms with Crippen LogP contribution >= 0.6 is 0 Å². The second-order valence-corrected chi connectivity index (χ2v) is 62.8. The van der Waals surface area contributed by atoms with Gasteiger partial charge in [-0.25, -0.2) is 0 Å². The van der Waals surface area contributed by atoms with Crippen molar-refractivity contribution in [3.63, 3.8) is 0 Å². The molecule has 4 heteroatoms. The van der Waals surface area contributed by atoms with E-state index in [0.717, 1.165) is 24.3 Å². The molecule has 0 spiro atoms. The van der Waals surface area contributed by atoms with Crippen molar-refractivity contribution in [2.45, 2.75) is 144 Å². The van der Waals surface area contributed by atoms with Crippen LogP contribution in [-0.2, 0) is 26.1 Å². The normalized spacial score (nSPS) is 21.3. The van der Waals surface area contributed by atoms with Crippen molar-refractivity contribution in [3.8, 4) is 11.5 Å². The van der Waals surface area contributed by atoms with Crippen LogP contribution in [0.3, 0.4) is 0 Å². The van der Waals surface area contributed by atoms with Gasteiger partial charge in [0.2, 0.25) is 0 Å². The predicted octanol–water partition coefficient (Wildman–Crippen LogP) is 13.4. The van der Waals surface area contributed by atoms with Gasteiger partial charge in [-0.3, -0.25) is 0 Å². The Morgan fingerprint density at radius 1 is 0.560 bits per heavy atom. The van der Waals surface area contributed by atoms with Gasteiger partial charge in [-0.15, -0.1) is 0 Å². The molecule has 2 unspecified atom stereocenters. The molecule has 2 aromatic carbocycles. The molecule has 0 N–H and O–H groups in total. The van der Waals surface area contributed by atoms with Crippen molar-refractivity contribution in [2.24, 2.45) is 22.7 Å². The Balaban J connectivity index is 2.38. The van der Waals surface area contributed by atoms with E-state index in [0.29, 0.717) is 0 Å². The minimum atomic E-state index is -6.65. The van der Waals surface area contributed by atoms with Gasteiger partial charge in [-0.1, -0.05) is 0 Å². The van der Waals surface area contributed by atoms with E-state index in [2.05, 4.69) is 188 Å². The van der Waals surface area contributed by atoms with Gasteiger partial charge in [-0.05, 0) is 0 Å². The third-order valence-corrected chi connectivity index (χ3v) is 37.8.